The van der Waals surface area contributed by atoms with E-state index in [1.54, 1.807) is 25.7 Å². The number of hydrogen-bond acceptors (Lipinski definition) is 8. The maximum atomic E-state index is 5.39. The standard InChI is InChI=1S/C22H16N6OS/c1-29-15-7-8-17-16(11-15)21(27-20(25-17)14-5-4-9-23-12-14)28-22-26-19(13-30-22)18-6-2-3-10-24-18/h2-13H,1H3,(H,25,26,27,28). The molecule has 146 valence electrons. The number of pyridine rings is 2. The third-order valence-electron chi connectivity index (χ3n) is 4.48. The lowest BCUT2D eigenvalue weighted by Gasteiger charge is -2.10. The number of anilines is 2. The zero-order valence-electron chi connectivity index (χ0n) is 16.0. The Hall–Kier alpha value is -3.91. The van der Waals surface area contributed by atoms with Crippen molar-refractivity contribution < 1.29 is 4.74 Å². The van der Waals surface area contributed by atoms with Crippen molar-refractivity contribution in [3.05, 3.63) is 72.5 Å². The van der Waals surface area contributed by atoms with Gasteiger partial charge in [0.15, 0.2) is 11.0 Å². The van der Waals surface area contributed by atoms with Crippen molar-refractivity contribution in [3.63, 3.8) is 0 Å². The lowest BCUT2D eigenvalue weighted by Crippen LogP contribution is -2.00. The Morgan fingerprint density at radius 1 is 0.933 bits per heavy atom. The van der Waals surface area contributed by atoms with Crippen LogP contribution in [0.5, 0.6) is 5.75 Å². The molecule has 0 saturated carbocycles. The van der Waals surface area contributed by atoms with E-state index in [0.717, 1.165) is 38.7 Å². The van der Waals surface area contributed by atoms with E-state index in [1.165, 1.54) is 11.3 Å². The Balaban J connectivity index is 1.59. The first-order valence-electron chi connectivity index (χ1n) is 9.20. The summed E-state index contributed by atoms with van der Waals surface area (Å²) in [6.07, 6.45) is 5.23. The van der Waals surface area contributed by atoms with Gasteiger partial charge in [-0.1, -0.05) is 6.07 Å². The van der Waals surface area contributed by atoms with Gasteiger partial charge in [-0.25, -0.2) is 15.0 Å². The summed E-state index contributed by atoms with van der Waals surface area (Å²) < 4.78 is 5.39. The van der Waals surface area contributed by atoms with Gasteiger partial charge in [0.2, 0.25) is 0 Å². The van der Waals surface area contributed by atoms with Gasteiger partial charge in [0.1, 0.15) is 17.3 Å². The Labute approximate surface area is 176 Å². The monoisotopic (exact) mass is 412 g/mol. The minimum absolute atomic E-state index is 0.588. The Kier molecular flexibility index (Phi) is 4.74. The van der Waals surface area contributed by atoms with E-state index in [2.05, 4.69) is 20.3 Å². The molecule has 7 nitrogen and oxygen atoms in total. The first-order valence-corrected chi connectivity index (χ1v) is 10.1. The zero-order chi connectivity index (χ0) is 20.3. The third kappa shape index (κ3) is 3.56. The molecule has 30 heavy (non-hydrogen) atoms. The summed E-state index contributed by atoms with van der Waals surface area (Å²) in [5.74, 6) is 1.97. The highest BCUT2D eigenvalue weighted by Gasteiger charge is 2.13. The highest BCUT2D eigenvalue weighted by atomic mass is 32.1. The number of rotatable bonds is 5. The number of hydrogen-bond donors (Lipinski definition) is 1. The SMILES string of the molecule is COc1ccc2nc(-c3cccnc3)nc(Nc3nc(-c4ccccn4)cs3)c2c1. The second-order valence-corrected chi connectivity index (χ2v) is 7.26. The molecule has 4 heterocycles. The first-order chi connectivity index (χ1) is 14.8. The molecule has 0 spiro atoms. The minimum Gasteiger partial charge on any atom is -0.497 e. The number of nitrogens with one attached hydrogen (secondary N) is 1. The lowest BCUT2D eigenvalue weighted by molar-refractivity contribution is 0.415. The molecule has 8 heteroatoms. The molecule has 4 aromatic heterocycles. The van der Waals surface area contributed by atoms with Gasteiger partial charge in [-0.15, -0.1) is 11.3 Å². The molecular weight excluding hydrogens is 396 g/mol. The van der Waals surface area contributed by atoms with Gasteiger partial charge in [-0.2, -0.15) is 0 Å². The molecule has 1 aromatic carbocycles. The number of ether oxygens (including phenoxy) is 1. The molecule has 0 radical (unpaired) electrons. The number of benzene rings is 1. The molecule has 0 aliphatic carbocycles. The van der Waals surface area contributed by atoms with Crippen molar-refractivity contribution in [1.29, 1.82) is 0 Å². The summed E-state index contributed by atoms with van der Waals surface area (Å²) in [4.78, 5) is 22.7. The van der Waals surface area contributed by atoms with Crippen molar-refractivity contribution in [3.8, 4) is 28.5 Å². The molecule has 0 amide bonds. The van der Waals surface area contributed by atoms with Crippen molar-refractivity contribution in [2.24, 2.45) is 0 Å². The van der Waals surface area contributed by atoms with Gasteiger partial charge < -0.3 is 10.1 Å². The van der Waals surface area contributed by atoms with Crippen molar-refractivity contribution in [1.82, 2.24) is 24.9 Å². The quantitative estimate of drug-likeness (QED) is 0.436. The molecule has 0 aliphatic heterocycles. The first kappa shape index (κ1) is 18.1. The molecule has 1 N–H and O–H groups in total. The molecule has 0 bridgehead atoms. The Morgan fingerprint density at radius 3 is 2.70 bits per heavy atom. The fraction of sp³-hybridized carbons (Fsp3) is 0.0455. The minimum atomic E-state index is 0.588. The third-order valence-corrected chi connectivity index (χ3v) is 5.24. The van der Waals surface area contributed by atoms with Crippen LogP contribution in [0.1, 0.15) is 0 Å². The summed E-state index contributed by atoms with van der Waals surface area (Å²) in [6.45, 7) is 0. The van der Waals surface area contributed by atoms with Gasteiger partial charge >= 0.3 is 0 Å². The summed E-state index contributed by atoms with van der Waals surface area (Å²) in [5.41, 5.74) is 3.28. The smallest absolute Gasteiger partial charge is 0.188 e. The fourth-order valence-electron chi connectivity index (χ4n) is 3.02. The second-order valence-electron chi connectivity index (χ2n) is 6.40. The summed E-state index contributed by atoms with van der Waals surface area (Å²) in [7, 11) is 1.64. The molecule has 0 unspecified atom stereocenters. The fourth-order valence-corrected chi connectivity index (χ4v) is 3.72. The maximum Gasteiger partial charge on any atom is 0.188 e. The average Bonchev–Trinajstić information content (AvgIpc) is 3.28. The normalized spacial score (nSPS) is 10.8. The van der Waals surface area contributed by atoms with Crippen molar-refractivity contribution >= 4 is 33.2 Å². The average molecular weight is 412 g/mol. The van der Waals surface area contributed by atoms with Crippen LogP contribution in [0.25, 0.3) is 33.7 Å². The van der Waals surface area contributed by atoms with E-state index >= 15 is 0 Å². The summed E-state index contributed by atoms with van der Waals surface area (Å²) in [6, 6.07) is 15.3. The van der Waals surface area contributed by atoms with Gasteiger partial charge in [0, 0.05) is 34.9 Å². The lowest BCUT2D eigenvalue weighted by atomic mass is 10.2. The maximum absolute atomic E-state index is 5.39. The van der Waals surface area contributed by atoms with Crippen LogP contribution in [0.3, 0.4) is 0 Å². The van der Waals surface area contributed by atoms with E-state index < -0.39 is 0 Å². The van der Waals surface area contributed by atoms with Crippen LogP contribution < -0.4 is 10.1 Å². The van der Waals surface area contributed by atoms with Crippen molar-refractivity contribution in [2.45, 2.75) is 0 Å². The molecule has 0 aliphatic rings. The largest absolute Gasteiger partial charge is 0.497 e. The van der Waals surface area contributed by atoms with Crippen LogP contribution in [0.2, 0.25) is 0 Å². The van der Waals surface area contributed by atoms with Crippen LogP contribution in [0.15, 0.2) is 72.5 Å². The zero-order valence-corrected chi connectivity index (χ0v) is 16.8. The van der Waals surface area contributed by atoms with Crippen LogP contribution in [0.4, 0.5) is 10.9 Å². The van der Waals surface area contributed by atoms with Crippen molar-refractivity contribution in [2.75, 3.05) is 12.4 Å². The van der Waals surface area contributed by atoms with Crippen LogP contribution >= 0.6 is 11.3 Å². The van der Waals surface area contributed by atoms with Crippen LogP contribution in [-0.4, -0.2) is 32.0 Å². The number of methoxy groups -OCH3 is 1. The van der Waals surface area contributed by atoms with E-state index in [0.29, 0.717) is 11.6 Å². The second kappa shape index (κ2) is 7.84. The van der Waals surface area contributed by atoms with E-state index in [-0.39, 0.29) is 0 Å². The van der Waals surface area contributed by atoms with E-state index in [9.17, 15) is 0 Å². The molecular formula is C22H16N6OS. The molecule has 5 aromatic rings. The number of fused-ring (bicyclic) bond motifs is 1. The predicted molar refractivity (Wildman–Crippen MR) is 118 cm³/mol. The number of thiazole rings is 1. The number of aromatic nitrogens is 5. The topological polar surface area (TPSA) is 85.7 Å². The summed E-state index contributed by atoms with van der Waals surface area (Å²) in [5, 5.41) is 6.88. The Bertz CT molecular complexity index is 1310. The predicted octanol–water partition coefficient (Wildman–Crippen LogP) is 4.96. The molecule has 0 atom stereocenters. The summed E-state index contributed by atoms with van der Waals surface area (Å²) >= 11 is 1.49. The van der Waals surface area contributed by atoms with Gasteiger partial charge in [-0.05, 0) is 42.5 Å². The van der Waals surface area contributed by atoms with Gasteiger partial charge in [0.05, 0.1) is 18.3 Å². The van der Waals surface area contributed by atoms with E-state index in [1.807, 2.05) is 53.9 Å². The Morgan fingerprint density at radius 2 is 1.90 bits per heavy atom. The highest BCUT2D eigenvalue weighted by molar-refractivity contribution is 7.14. The highest BCUT2D eigenvalue weighted by Crippen LogP contribution is 2.32. The van der Waals surface area contributed by atoms with Crippen LogP contribution in [-0.2, 0) is 0 Å². The van der Waals surface area contributed by atoms with Crippen LogP contribution in [0, 0.1) is 0 Å². The molecule has 0 saturated heterocycles. The van der Waals surface area contributed by atoms with Gasteiger partial charge in [-0.3, -0.25) is 9.97 Å². The molecule has 5 rings (SSSR count). The number of nitrogens with zero attached hydrogens (tertiary/aromatic N) is 5. The van der Waals surface area contributed by atoms with Gasteiger partial charge in [0.25, 0.3) is 0 Å². The molecule has 0 fully saturated rings. The van der Waals surface area contributed by atoms with E-state index in [4.69, 9.17) is 14.7 Å².